The van der Waals surface area contributed by atoms with E-state index in [4.69, 9.17) is 0 Å². The Labute approximate surface area is 140 Å². The topological polar surface area (TPSA) is 114 Å². The molecule has 8 nitrogen and oxygen atoms in total. The molecule has 0 spiro atoms. The molecule has 24 heavy (non-hydrogen) atoms. The van der Waals surface area contributed by atoms with Gasteiger partial charge >= 0.3 is 0 Å². The molecule has 3 aromatic rings. The van der Waals surface area contributed by atoms with Crippen LogP contribution in [-0.4, -0.2) is 26.0 Å². The quantitative estimate of drug-likeness (QED) is 0.558. The number of aromatic amines is 1. The minimum Gasteiger partial charge on any atom is -0.339 e. The maximum atomic E-state index is 12.6. The second-order valence-electron chi connectivity index (χ2n) is 5.81. The number of benzene rings is 1. The molecule has 122 valence electrons. The Bertz CT molecular complexity index is 930. The fourth-order valence-corrected chi connectivity index (χ4v) is 3.86. The summed E-state index contributed by atoms with van der Waals surface area (Å²) in [6.07, 6.45) is 4.06. The van der Waals surface area contributed by atoms with E-state index in [1.807, 2.05) is 0 Å². The van der Waals surface area contributed by atoms with E-state index in [1.165, 1.54) is 29.8 Å². The zero-order valence-electron chi connectivity index (χ0n) is 12.5. The van der Waals surface area contributed by atoms with E-state index >= 15 is 0 Å². The summed E-state index contributed by atoms with van der Waals surface area (Å²) >= 11 is 1.32. The third kappa shape index (κ3) is 2.33. The van der Waals surface area contributed by atoms with Gasteiger partial charge in [-0.3, -0.25) is 20.0 Å². The first-order valence-corrected chi connectivity index (χ1v) is 8.25. The molecule has 2 aromatic heterocycles. The molecule has 2 heterocycles. The van der Waals surface area contributed by atoms with E-state index in [0.717, 1.165) is 24.0 Å². The fraction of sp³-hybridized carbons (Fsp3) is 0.267. The number of thiophene rings is 1. The molecule has 0 radical (unpaired) electrons. The van der Waals surface area contributed by atoms with Gasteiger partial charge in [-0.15, -0.1) is 11.3 Å². The standard InChI is InChI=1S/C15H13N5O3S/c21-13(18-15(4-1-5-15)14-16-8-17-19-14)12-7-9-6-10(20(22)23)2-3-11(9)24-12/h2-3,6-8H,1,4-5H2,(H,18,21)(H,16,17,19). The molecule has 1 aromatic carbocycles. The van der Waals surface area contributed by atoms with Crippen LogP contribution in [0.1, 0.15) is 34.8 Å². The van der Waals surface area contributed by atoms with Crippen molar-refractivity contribution in [2.45, 2.75) is 24.8 Å². The summed E-state index contributed by atoms with van der Waals surface area (Å²) < 4.78 is 0.841. The number of nitro groups is 1. The molecule has 2 N–H and O–H groups in total. The van der Waals surface area contributed by atoms with E-state index in [0.29, 0.717) is 16.1 Å². The number of amides is 1. The lowest BCUT2D eigenvalue weighted by Crippen LogP contribution is -2.51. The highest BCUT2D eigenvalue weighted by Crippen LogP contribution is 2.40. The number of carbonyl (C=O) groups is 1. The number of H-pyrrole nitrogens is 1. The Morgan fingerprint density at radius 1 is 1.38 bits per heavy atom. The van der Waals surface area contributed by atoms with E-state index in [-0.39, 0.29) is 11.6 Å². The largest absolute Gasteiger partial charge is 0.339 e. The van der Waals surface area contributed by atoms with E-state index in [1.54, 1.807) is 12.1 Å². The molecular formula is C15H13N5O3S. The van der Waals surface area contributed by atoms with Crippen molar-refractivity contribution < 1.29 is 9.72 Å². The van der Waals surface area contributed by atoms with Crippen molar-refractivity contribution in [1.29, 1.82) is 0 Å². The first kappa shape index (κ1) is 14.8. The van der Waals surface area contributed by atoms with Gasteiger partial charge in [0.15, 0.2) is 0 Å². The first-order chi connectivity index (χ1) is 11.6. The number of aromatic nitrogens is 3. The summed E-state index contributed by atoms with van der Waals surface area (Å²) in [6.45, 7) is 0. The van der Waals surface area contributed by atoms with Crippen molar-refractivity contribution in [2.75, 3.05) is 0 Å². The number of hydrogen-bond donors (Lipinski definition) is 2. The average Bonchev–Trinajstić information content (AvgIpc) is 3.19. The monoisotopic (exact) mass is 343 g/mol. The fourth-order valence-electron chi connectivity index (χ4n) is 2.92. The molecule has 1 saturated carbocycles. The summed E-state index contributed by atoms with van der Waals surface area (Å²) in [5, 5.41) is 21.3. The second-order valence-corrected chi connectivity index (χ2v) is 6.90. The number of rotatable bonds is 4. The van der Waals surface area contributed by atoms with Gasteiger partial charge in [0.2, 0.25) is 0 Å². The molecule has 1 aliphatic rings. The van der Waals surface area contributed by atoms with Gasteiger partial charge in [0, 0.05) is 22.2 Å². The highest BCUT2D eigenvalue weighted by Gasteiger charge is 2.43. The molecule has 1 amide bonds. The van der Waals surface area contributed by atoms with Crippen molar-refractivity contribution in [3.05, 3.63) is 51.4 Å². The van der Waals surface area contributed by atoms with Crippen molar-refractivity contribution in [2.24, 2.45) is 0 Å². The Hall–Kier alpha value is -2.81. The zero-order chi connectivity index (χ0) is 16.7. The highest BCUT2D eigenvalue weighted by atomic mass is 32.1. The maximum Gasteiger partial charge on any atom is 0.270 e. The number of hydrogen-bond acceptors (Lipinski definition) is 6. The number of nitro benzene ring substituents is 1. The molecule has 0 atom stereocenters. The molecule has 1 aliphatic carbocycles. The minimum atomic E-state index is -0.490. The number of non-ortho nitro benzene ring substituents is 1. The number of nitrogens with zero attached hydrogens (tertiary/aromatic N) is 3. The van der Waals surface area contributed by atoms with Gasteiger partial charge in [0.05, 0.1) is 15.3 Å². The van der Waals surface area contributed by atoms with Gasteiger partial charge in [-0.05, 0) is 31.4 Å². The normalized spacial score (nSPS) is 15.8. The lowest BCUT2D eigenvalue weighted by molar-refractivity contribution is -0.384. The van der Waals surface area contributed by atoms with Crippen LogP contribution in [0.2, 0.25) is 0 Å². The van der Waals surface area contributed by atoms with Crippen LogP contribution in [-0.2, 0) is 5.54 Å². The predicted octanol–water partition coefficient (Wildman–Crippen LogP) is 2.74. The van der Waals surface area contributed by atoms with Gasteiger partial charge in [-0.1, -0.05) is 0 Å². The lowest BCUT2D eigenvalue weighted by Gasteiger charge is -2.40. The smallest absolute Gasteiger partial charge is 0.270 e. The van der Waals surface area contributed by atoms with Crippen LogP contribution in [0.4, 0.5) is 5.69 Å². The molecule has 0 saturated heterocycles. The lowest BCUT2D eigenvalue weighted by atomic mass is 9.76. The van der Waals surface area contributed by atoms with Crippen LogP contribution in [0.3, 0.4) is 0 Å². The molecule has 1 fully saturated rings. The van der Waals surface area contributed by atoms with Gasteiger partial charge in [0.1, 0.15) is 12.2 Å². The highest BCUT2D eigenvalue weighted by molar-refractivity contribution is 7.20. The number of fused-ring (bicyclic) bond motifs is 1. The van der Waals surface area contributed by atoms with Gasteiger partial charge in [-0.2, -0.15) is 5.10 Å². The molecule has 9 heteroatoms. The van der Waals surface area contributed by atoms with Crippen molar-refractivity contribution in [3.8, 4) is 0 Å². The summed E-state index contributed by atoms with van der Waals surface area (Å²) in [5.74, 6) is 0.466. The second kappa shape index (κ2) is 5.38. The zero-order valence-corrected chi connectivity index (χ0v) is 13.3. The average molecular weight is 343 g/mol. The summed E-state index contributed by atoms with van der Waals surface area (Å²) in [6, 6.07) is 6.29. The summed E-state index contributed by atoms with van der Waals surface area (Å²) in [5.41, 5.74) is -0.472. The van der Waals surface area contributed by atoms with E-state index < -0.39 is 10.5 Å². The van der Waals surface area contributed by atoms with Gasteiger partial charge in [0.25, 0.3) is 11.6 Å². The molecule has 0 aliphatic heterocycles. The molecule has 0 bridgehead atoms. The van der Waals surface area contributed by atoms with Crippen LogP contribution in [0, 0.1) is 10.1 Å². The van der Waals surface area contributed by atoms with Crippen LogP contribution < -0.4 is 5.32 Å². The Kier molecular flexibility index (Phi) is 3.31. The Morgan fingerprint density at radius 2 is 2.21 bits per heavy atom. The number of carbonyl (C=O) groups excluding carboxylic acids is 1. The Morgan fingerprint density at radius 3 is 2.83 bits per heavy atom. The van der Waals surface area contributed by atoms with Crippen LogP contribution in [0.5, 0.6) is 0 Å². The summed E-state index contributed by atoms with van der Waals surface area (Å²) in [4.78, 5) is 27.8. The SMILES string of the molecule is O=C(NC1(c2ncn[nH]2)CCC1)c1cc2cc([N+](=O)[O-])ccc2s1. The van der Waals surface area contributed by atoms with E-state index in [9.17, 15) is 14.9 Å². The molecule has 0 unspecified atom stereocenters. The predicted molar refractivity (Wildman–Crippen MR) is 87.9 cm³/mol. The Balaban J connectivity index is 1.62. The van der Waals surface area contributed by atoms with Crippen molar-refractivity contribution in [1.82, 2.24) is 20.5 Å². The van der Waals surface area contributed by atoms with E-state index in [2.05, 4.69) is 20.5 Å². The van der Waals surface area contributed by atoms with Crippen LogP contribution >= 0.6 is 11.3 Å². The van der Waals surface area contributed by atoms with Crippen molar-refractivity contribution >= 4 is 33.0 Å². The third-order valence-electron chi connectivity index (χ3n) is 4.36. The molecular weight excluding hydrogens is 330 g/mol. The van der Waals surface area contributed by atoms with Crippen LogP contribution in [0.25, 0.3) is 10.1 Å². The molecule has 4 rings (SSSR count). The van der Waals surface area contributed by atoms with Crippen LogP contribution in [0.15, 0.2) is 30.6 Å². The van der Waals surface area contributed by atoms with Gasteiger partial charge < -0.3 is 5.32 Å². The number of nitrogens with one attached hydrogen (secondary N) is 2. The summed E-state index contributed by atoms with van der Waals surface area (Å²) in [7, 11) is 0. The first-order valence-electron chi connectivity index (χ1n) is 7.44. The van der Waals surface area contributed by atoms with Gasteiger partial charge in [-0.25, -0.2) is 4.98 Å². The third-order valence-corrected chi connectivity index (χ3v) is 5.48. The van der Waals surface area contributed by atoms with Crippen molar-refractivity contribution in [3.63, 3.8) is 0 Å². The maximum absolute atomic E-state index is 12.6. The minimum absolute atomic E-state index is 0.0179.